The third-order valence-corrected chi connectivity index (χ3v) is 4.51. The van der Waals surface area contributed by atoms with Crippen LogP contribution in [0.15, 0.2) is 24.3 Å². The van der Waals surface area contributed by atoms with Gasteiger partial charge in [0.25, 0.3) is 0 Å². The Morgan fingerprint density at radius 3 is 2.78 bits per heavy atom. The van der Waals surface area contributed by atoms with Gasteiger partial charge in [0, 0.05) is 24.9 Å². The number of hydrogen-bond acceptors (Lipinski definition) is 2. The van der Waals surface area contributed by atoms with Gasteiger partial charge in [-0.15, -0.1) is 0 Å². The molecule has 1 heterocycles. The van der Waals surface area contributed by atoms with Crippen molar-refractivity contribution in [3.8, 4) is 0 Å². The van der Waals surface area contributed by atoms with Gasteiger partial charge in [0.15, 0.2) is 0 Å². The number of carbonyl (C=O) groups excluding carboxylic acids is 1. The molecule has 1 saturated heterocycles. The van der Waals surface area contributed by atoms with E-state index < -0.39 is 5.97 Å². The number of piperidine rings is 1. The van der Waals surface area contributed by atoms with Crippen LogP contribution in [0.1, 0.15) is 44.6 Å². The summed E-state index contributed by atoms with van der Waals surface area (Å²) >= 11 is 0. The number of carbonyl (C=O) groups is 2. The van der Waals surface area contributed by atoms with E-state index in [-0.39, 0.29) is 30.1 Å². The van der Waals surface area contributed by atoms with E-state index in [1.807, 2.05) is 11.8 Å². The lowest BCUT2D eigenvalue weighted by Crippen LogP contribution is -2.46. The minimum Gasteiger partial charge on any atom is -0.481 e. The van der Waals surface area contributed by atoms with E-state index in [4.69, 9.17) is 5.11 Å². The summed E-state index contributed by atoms with van der Waals surface area (Å²) < 4.78 is 13.8. The second-order valence-electron chi connectivity index (χ2n) is 6.31. The second-order valence-corrected chi connectivity index (χ2v) is 6.31. The van der Waals surface area contributed by atoms with Crippen LogP contribution in [0.3, 0.4) is 0 Å². The first-order valence-electron chi connectivity index (χ1n) is 8.24. The summed E-state index contributed by atoms with van der Waals surface area (Å²) in [7, 11) is 0. The molecule has 1 aliphatic heterocycles. The third-order valence-electron chi connectivity index (χ3n) is 4.51. The molecule has 23 heavy (non-hydrogen) atoms. The van der Waals surface area contributed by atoms with Crippen molar-refractivity contribution >= 4 is 11.9 Å². The first kappa shape index (κ1) is 17.4. The van der Waals surface area contributed by atoms with Gasteiger partial charge in [-0.1, -0.05) is 25.1 Å². The molecule has 0 radical (unpaired) electrons. The van der Waals surface area contributed by atoms with Gasteiger partial charge in [0.1, 0.15) is 5.82 Å². The van der Waals surface area contributed by atoms with Crippen LogP contribution in [-0.4, -0.2) is 34.5 Å². The Balaban J connectivity index is 2.01. The minimum atomic E-state index is -0.831. The molecule has 0 spiro atoms. The lowest BCUT2D eigenvalue weighted by atomic mass is 9.93. The smallest absolute Gasteiger partial charge is 0.303 e. The second kappa shape index (κ2) is 8.09. The van der Waals surface area contributed by atoms with Crippen molar-refractivity contribution in [3.05, 3.63) is 35.6 Å². The molecule has 1 fully saturated rings. The summed E-state index contributed by atoms with van der Waals surface area (Å²) in [6.07, 6.45) is 3.76. The highest BCUT2D eigenvalue weighted by atomic mass is 19.1. The van der Waals surface area contributed by atoms with Gasteiger partial charge in [-0.25, -0.2) is 4.39 Å². The summed E-state index contributed by atoms with van der Waals surface area (Å²) in [5.41, 5.74) is 0.549. The van der Waals surface area contributed by atoms with E-state index in [2.05, 4.69) is 0 Å². The van der Waals surface area contributed by atoms with Crippen molar-refractivity contribution in [2.75, 3.05) is 6.54 Å². The van der Waals surface area contributed by atoms with Crippen molar-refractivity contribution in [2.45, 2.75) is 51.5 Å². The Bertz CT molecular complexity index is 561. The molecule has 5 heteroatoms. The fraction of sp³-hybridized carbons (Fsp3) is 0.556. The molecule has 2 atom stereocenters. The standard InChI is InChI=1S/C18H24FNO3/c1-13(12-14-6-2-3-8-16(14)19)18(23)20-11-5-4-7-15(20)9-10-17(21)22/h2-3,6,8,13,15H,4-5,7,9-12H2,1H3,(H,21,22)/t13-,15+/m0/s1. The van der Waals surface area contributed by atoms with Gasteiger partial charge in [0.2, 0.25) is 5.91 Å². The number of carboxylic acid groups (broad SMARTS) is 1. The largest absolute Gasteiger partial charge is 0.481 e. The summed E-state index contributed by atoms with van der Waals surface area (Å²) in [4.78, 5) is 25.3. The predicted molar refractivity (Wildman–Crippen MR) is 85.5 cm³/mol. The first-order chi connectivity index (χ1) is 11.0. The molecule has 1 aromatic carbocycles. The normalized spacial score (nSPS) is 19.4. The van der Waals surface area contributed by atoms with Gasteiger partial charge in [-0.3, -0.25) is 9.59 Å². The van der Waals surface area contributed by atoms with E-state index >= 15 is 0 Å². The summed E-state index contributed by atoms with van der Waals surface area (Å²) in [5.74, 6) is -1.42. The Kier molecular flexibility index (Phi) is 6.13. The van der Waals surface area contributed by atoms with Crippen molar-refractivity contribution in [2.24, 2.45) is 5.92 Å². The molecule has 0 bridgehead atoms. The predicted octanol–water partition coefficient (Wildman–Crippen LogP) is 3.25. The van der Waals surface area contributed by atoms with E-state index in [1.54, 1.807) is 18.2 Å². The summed E-state index contributed by atoms with van der Waals surface area (Å²) in [5, 5.41) is 8.86. The SMILES string of the molecule is C[C@@H](Cc1ccccc1F)C(=O)N1CCCC[C@@H]1CCC(=O)O. The van der Waals surface area contributed by atoms with Crippen LogP contribution in [0, 0.1) is 11.7 Å². The van der Waals surface area contributed by atoms with Crippen LogP contribution in [0.2, 0.25) is 0 Å². The number of amides is 1. The summed E-state index contributed by atoms with van der Waals surface area (Å²) in [6.45, 7) is 2.49. The quantitative estimate of drug-likeness (QED) is 0.875. The molecule has 0 aliphatic carbocycles. The highest BCUT2D eigenvalue weighted by molar-refractivity contribution is 5.79. The van der Waals surface area contributed by atoms with Gasteiger partial charge >= 0.3 is 5.97 Å². The molecule has 2 rings (SSSR count). The topological polar surface area (TPSA) is 57.6 Å². The van der Waals surface area contributed by atoms with Crippen molar-refractivity contribution < 1.29 is 19.1 Å². The molecule has 1 aliphatic rings. The van der Waals surface area contributed by atoms with Gasteiger partial charge < -0.3 is 10.0 Å². The molecule has 0 unspecified atom stereocenters. The Hall–Kier alpha value is -1.91. The number of rotatable bonds is 6. The van der Waals surface area contributed by atoms with Gasteiger partial charge in [-0.2, -0.15) is 0 Å². The number of likely N-dealkylation sites (tertiary alicyclic amines) is 1. The van der Waals surface area contributed by atoms with Gasteiger partial charge in [0.05, 0.1) is 0 Å². The Morgan fingerprint density at radius 1 is 1.35 bits per heavy atom. The molecule has 126 valence electrons. The Labute approximate surface area is 136 Å². The average Bonchev–Trinajstić information content (AvgIpc) is 2.54. The lowest BCUT2D eigenvalue weighted by Gasteiger charge is -2.37. The Morgan fingerprint density at radius 2 is 2.09 bits per heavy atom. The zero-order chi connectivity index (χ0) is 16.8. The average molecular weight is 321 g/mol. The number of hydrogen-bond donors (Lipinski definition) is 1. The molecule has 0 aromatic heterocycles. The molecule has 0 saturated carbocycles. The molecular formula is C18H24FNO3. The number of benzene rings is 1. The number of aliphatic carboxylic acids is 1. The maximum atomic E-state index is 13.8. The van der Waals surface area contributed by atoms with Crippen molar-refractivity contribution in [1.82, 2.24) is 4.90 Å². The van der Waals surface area contributed by atoms with Crippen molar-refractivity contribution in [3.63, 3.8) is 0 Å². The van der Waals surface area contributed by atoms with Crippen LogP contribution in [0.4, 0.5) is 4.39 Å². The first-order valence-corrected chi connectivity index (χ1v) is 8.24. The number of halogens is 1. The van der Waals surface area contributed by atoms with Crippen LogP contribution in [0.25, 0.3) is 0 Å². The fourth-order valence-electron chi connectivity index (χ4n) is 3.25. The van der Waals surface area contributed by atoms with E-state index in [0.717, 1.165) is 19.3 Å². The molecule has 1 N–H and O–H groups in total. The lowest BCUT2D eigenvalue weighted by molar-refractivity contribution is -0.142. The number of carboxylic acids is 1. The maximum absolute atomic E-state index is 13.8. The minimum absolute atomic E-state index is 0.00309. The maximum Gasteiger partial charge on any atom is 0.303 e. The van der Waals surface area contributed by atoms with E-state index in [0.29, 0.717) is 24.9 Å². The third kappa shape index (κ3) is 4.78. The number of nitrogens with zero attached hydrogens (tertiary/aromatic N) is 1. The summed E-state index contributed by atoms with van der Waals surface area (Å²) in [6, 6.07) is 6.51. The van der Waals surface area contributed by atoms with E-state index in [1.165, 1.54) is 6.07 Å². The van der Waals surface area contributed by atoms with Crippen LogP contribution < -0.4 is 0 Å². The van der Waals surface area contributed by atoms with Crippen molar-refractivity contribution in [1.29, 1.82) is 0 Å². The van der Waals surface area contributed by atoms with Crippen LogP contribution >= 0.6 is 0 Å². The monoisotopic (exact) mass is 321 g/mol. The van der Waals surface area contributed by atoms with Crippen LogP contribution in [-0.2, 0) is 16.0 Å². The van der Waals surface area contributed by atoms with E-state index in [9.17, 15) is 14.0 Å². The van der Waals surface area contributed by atoms with Crippen LogP contribution in [0.5, 0.6) is 0 Å². The highest BCUT2D eigenvalue weighted by Gasteiger charge is 2.30. The van der Waals surface area contributed by atoms with Gasteiger partial charge in [-0.05, 0) is 43.7 Å². The molecular weight excluding hydrogens is 297 g/mol. The zero-order valence-corrected chi connectivity index (χ0v) is 13.5. The fourth-order valence-corrected chi connectivity index (χ4v) is 3.25. The highest BCUT2D eigenvalue weighted by Crippen LogP contribution is 2.24. The molecule has 4 nitrogen and oxygen atoms in total. The molecule has 1 amide bonds. The zero-order valence-electron chi connectivity index (χ0n) is 13.5. The molecule has 1 aromatic rings.